The number of carbonyl (C=O) groups is 1. The molecular formula is C17H20Cl3FN4O. The van der Waals surface area contributed by atoms with Crippen molar-refractivity contribution in [1.82, 2.24) is 20.4 Å². The van der Waals surface area contributed by atoms with Crippen LogP contribution in [0.4, 0.5) is 4.39 Å². The highest BCUT2D eigenvalue weighted by Crippen LogP contribution is 2.31. The predicted octanol–water partition coefficient (Wildman–Crippen LogP) is 3.71. The van der Waals surface area contributed by atoms with Gasteiger partial charge in [0.25, 0.3) is 0 Å². The minimum atomic E-state index is -0.763. The lowest BCUT2D eigenvalue weighted by Crippen LogP contribution is -2.55. The molecule has 3 rings (SSSR count). The smallest absolute Gasteiger partial charge is 0.248 e. The highest BCUT2D eigenvalue weighted by atomic mass is 35.5. The van der Waals surface area contributed by atoms with E-state index < -0.39 is 17.4 Å². The number of rotatable bonds is 4. The van der Waals surface area contributed by atoms with Gasteiger partial charge in [0.2, 0.25) is 5.91 Å². The SMILES string of the molecule is CC(NC(=O)C1(n2cccn2)CCNCC1)c1cc(F)c(Cl)cc1Cl.Cl. The number of piperidine rings is 1. The Morgan fingerprint density at radius 2 is 2.04 bits per heavy atom. The van der Waals surface area contributed by atoms with Gasteiger partial charge in [0.05, 0.1) is 11.1 Å². The van der Waals surface area contributed by atoms with Crippen LogP contribution in [0, 0.1) is 5.82 Å². The van der Waals surface area contributed by atoms with Crippen molar-refractivity contribution in [3.8, 4) is 0 Å². The second-order valence-electron chi connectivity index (χ2n) is 6.22. The van der Waals surface area contributed by atoms with Crippen LogP contribution in [0.25, 0.3) is 0 Å². The van der Waals surface area contributed by atoms with Gasteiger partial charge in [-0.15, -0.1) is 12.4 Å². The van der Waals surface area contributed by atoms with Crippen LogP contribution in [0.2, 0.25) is 10.0 Å². The molecule has 1 aliphatic heterocycles. The lowest BCUT2D eigenvalue weighted by molar-refractivity contribution is -0.132. The number of hydrogen-bond donors (Lipinski definition) is 2. The Morgan fingerprint density at radius 3 is 2.65 bits per heavy atom. The molecule has 2 N–H and O–H groups in total. The maximum atomic E-state index is 13.8. The molecule has 1 atom stereocenters. The molecule has 0 spiro atoms. The van der Waals surface area contributed by atoms with Crippen LogP contribution in [-0.4, -0.2) is 28.8 Å². The molecule has 0 bridgehead atoms. The van der Waals surface area contributed by atoms with Crippen LogP contribution in [0.5, 0.6) is 0 Å². The van der Waals surface area contributed by atoms with Crippen molar-refractivity contribution < 1.29 is 9.18 Å². The number of aromatic nitrogens is 2. The van der Waals surface area contributed by atoms with E-state index in [1.54, 1.807) is 30.1 Å². The number of nitrogens with zero attached hydrogens (tertiary/aromatic N) is 2. The average molecular weight is 422 g/mol. The molecule has 2 heterocycles. The molecule has 1 aliphatic rings. The fourth-order valence-corrected chi connectivity index (χ4v) is 3.75. The second kappa shape index (κ2) is 8.57. The summed E-state index contributed by atoms with van der Waals surface area (Å²) in [5, 5.41) is 10.8. The molecule has 2 aromatic rings. The minimum Gasteiger partial charge on any atom is -0.347 e. The zero-order valence-electron chi connectivity index (χ0n) is 14.1. The zero-order chi connectivity index (χ0) is 18.0. The van der Waals surface area contributed by atoms with E-state index in [2.05, 4.69) is 15.7 Å². The first-order valence-corrected chi connectivity index (χ1v) is 8.86. The van der Waals surface area contributed by atoms with E-state index in [1.807, 2.05) is 0 Å². The molecule has 9 heteroatoms. The summed E-state index contributed by atoms with van der Waals surface area (Å²) in [6.07, 6.45) is 4.70. The van der Waals surface area contributed by atoms with Gasteiger partial charge in [-0.3, -0.25) is 9.48 Å². The molecule has 0 aliphatic carbocycles. The summed E-state index contributed by atoms with van der Waals surface area (Å²) in [4.78, 5) is 13.1. The van der Waals surface area contributed by atoms with Crippen LogP contribution in [0.15, 0.2) is 30.6 Å². The van der Waals surface area contributed by atoms with E-state index in [-0.39, 0.29) is 23.3 Å². The first-order chi connectivity index (χ1) is 11.9. The van der Waals surface area contributed by atoms with E-state index >= 15 is 0 Å². The highest BCUT2D eigenvalue weighted by molar-refractivity contribution is 6.35. The van der Waals surface area contributed by atoms with Crippen LogP contribution in [0.1, 0.15) is 31.4 Å². The van der Waals surface area contributed by atoms with Gasteiger partial charge >= 0.3 is 0 Å². The van der Waals surface area contributed by atoms with Crippen LogP contribution in [0.3, 0.4) is 0 Å². The van der Waals surface area contributed by atoms with Crippen LogP contribution in [-0.2, 0) is 10.3 Å². The topological polar surface area (TPSA) is 59.0 Å². The summed E-state index contributed by atoms with van der Waals surface area (Å²) in [5.41, 5.74) is -0.276. The van der Waals surface area contributed by atoms with Gasteiger partial charge in [-0.25, -0.2) is 4.39 Å². The molecule has 0 saturated carbocycles. The normalized spacial score (nSPS) is 17.2. The number of amides is 1. The maximum Gasteiger partial charge on any atom is 0.248 e. The van der Waals surface area contributed by atoms with Crippen molar-refractivity contribution in [3.63, 3.8) is 0 Å². The Balaban J connectivity index is 0.00000243. The fraction of sp³-hybridized carbons (Fsp3) is 0.412. The van der Waals surface area contributed by atoms with E-state index in [1.165, 1.54) is 12.1 Å². The molecule has 1 aromatic heterocycles. The van der Waals surface area contributed by atoms with Crippen LogP contribution < -0.4 is 10.6 Å². The fourth-order valence-electron chi connectivity index (χ4n) is 3.20. The summed E-state index contributed by atoms with van der Waals surface area (Å²) >= 11 is 11.9. The third-order valence-corrected chi connectivity index (χ3v) is 5.27. The van der Waals surface area contributed by atoms with E-state index in [9.17, 15) is 9.18 Å². The third-order valence-electron chi connectivity index (χ3n) is 4.65. The molecule has 1 amide bonds. The lowest BCUT2D eigenvalue weighted by atomic mass is 9.87. The van der Waals surface area contributed by atoms with Gasteiger partial charge in [-0.2, -0.15) is 5.10 Å². The number of benzene rings is 1. The lowest BCUT2D eigenvalue weighted by Gasteiger charge is -2.37. The summed E-state index contributed by atoms with van der Waals surface area (Å²) in [7, 11) is 0. The van der Waals surface area contributed by atoms with Crippen molar-refractivity contribution in [2.24, 2.45) is 0 Å². The Bertz CT molecular complexity index is 764. The van der Waals surface area contributed by atoms with Crippen LogP contribution >= 0.6 is 35.6 Å². The Hall–Kier alpha value is -1.34. The molecular weight excluding hydrogens is 402 g/mol. The molecule has 1 saturated heterocycles. The Morgan fingerprint density at radius 1 is 1.35 bits per heavy atom. The van der Waals surface area contributed by atoms with E-state index in [0.29, 0.717) is 23.4 Å². The zero-order valence-corrected chi connectivity index (χ0v) is 16.5. The van der Waals surface area contributed by atoms with Gasteiger partial charge in [0.1, 0.15) is 11.4 Å². The Labute approximate surface area is 167 Å². The quantitative estimate of drug-likeness (QED) is 0.740. The van der Waals surface area contributed by atoms with Crippen molar-refractivity contribution in [2.75, 3.05) is 13.1 Å². The summed E-state index contributed by atoms with van der Waals surface area (Å²) in [5.74, 6) is -0.720. The molecule has 142 valence electrons. The van der Waals surface area contributed by atoms with Gasteiger partial charge in [-0.05, 0) is 56.6 Å². The van der Waals surface area contributed by atoms with Crippen molar-refractivity contribution >= 4 is 41.5 Å². The number of nitrogens with one attached hydrogen (secondary N) is 2. The van der Waals surface area contributed by atoms with E-state index in [0.717, 1.165) is 13.1 Å². The molecule has 1 unspecified atom stereocenters. The predicted molar refractivity (Wildman–Crippen MR) is 103 cm³/mol. The molecule has 1 fully saturated rings. The summed E-state index contributed by atoms with van der Waals surface area (Å²) < 4.78 is 15.5. The van der Waals surface area contributed by atoms with Gasteiger partial charge < -0.3 is 10.6 Å². The van der Waals surface area contributed by atoms with Gasteiger partial charge in [0.15, 0.2) is 0 Å². The van der Waals surface area contributed by atoms with E-state index in [4.69, 9.17) is 23.2 Å². The monoisotopic (exact) mass is 420 g/mol. The number of carbonyl (C=O) groups excluding carboxylic acids is 1. The first-order valence-electron chi connectivity index (χ1n) is 8.10. The summed E-state index contributed by atoms with van der Waals surface area (Å²) in [6, 6.07) is 3.95. The standard InChI is InChI=1S/C17H19Cl2FN4O.ClH/c1-11(12-9-15(20)14(19)10-13(12)18)23-16(25)17(3-6-21-7-4-17)24-8-2-5-22-24;/h2,5,8-11,21H,3-4,6-7H2,1H3,(H,23,25);1H. The highest BCUT2D eigenvalue weighted by Gasteiger charge is 2.42. The molecule has 0 radical (unpaired) electrons. The maximum absolute atomic E-state index is 13.8. The molecule has 26 heavy (non-hydrogen) atoms. The second-order valence-corrected chi connectivity index (χ2v) is 7.03. The van der Waals surface area contributed by atoms with Gasteiger partial charge in [-0.1, -0.05) is 23.2 Å². The average Bonchev–Trinajstić information content (AvgIpc) is 3.13. The van der Waals surface area contributed by atoms with Gasteiger partial charge in [0, 0.05) is 17.4 Å². The number of hydrogen-bond acceptors (Lipinski definition) is 3. The third kappa shape index (κ3) is 3.98. The largest absolute Gasteiger partial charge is 0.347 e. The first kappa shape index (κ1) is 21.0. The number of halogens is 4. The molecule has 5 nitrogen and oxygen atoms in total. The van der Waals surface area contributed by atoms with Crippen molar-refractivity contribution in [1.29, 1.82) is 0 Å². The molecule has 1 aromatic carbocycles. The summed E-state index contributed by atoms with van der Waals surface area (Å²) in [6.45, 7) is 3.21. The van der Waals surface area contributed by atoms with Crippen molar-refractivity contribution in [2.45, 2.75) is 31.3 Å². The Kier molecular flexibility index (Phi) is 6.91. The minimum absolute atomic E-state index is 0. The van der Waals surface area contributed by atoms with Crippen molar-refractivity contribution in [3.05, 3.63) is 52.0 Å².